The van der Waals surface area contributed by atoms with Gasteiger partial charge in [0.2, 0.25) is 0 Å². The first-order valence-electron chi connectivity index (χ1n) is 9.15. The molecule has 6 heteroatoms. The molecular weight excluding hydrogens is 378 g/mol. The summed E-state index contributed by atoms with van der Waals surface area (Å²) in [4.78, 5) is 13.4. The summed E-state index contributed by atoms with van der Waals surface area (Å²) in [5, 5.41) is 6.35. The van der Waals surface area contributed by atoms with E-state index in [9.17, 15) is 13.6 Å². The number of anilines is 1. The summed E-state index contributed by atoms with van der Waals surface area (Å²) in [6.07, 6.45) is 0. The predicted molar refractivity (Wildman–Crippen MR) is 108 cm³/mol. The maximum Gasteiger partial charge on any atom is 0.279 e. The van der Waals surface area contributed by atoms with Gasteiger partial charge in [0.05, 0.1) is 10.6 Å². The van der Waals surface area contributed by atoms with Crippen molar-refractivity contribution in [1.29, 1.82) is 0 Å². The Morgan fingerprint density at radius 2 is 1.79 bits per heavy atom. The third-order valence-electron chi connectivity index (χ3n) is 4.55. The van der Waals surface area contributed by atoms with Gasteiger partial charge in [-0.1, -0.05) is 44.2 Å². The molecule has 2 aromatic carbocycles. The molecule has 0 saturated heterocycles. The first-order valence-corrected chi connectivity index (χ1v) is 10.0. The van der Waals surface area contributed by atoms with Gasteiger partial charge in [-0.3, -0.25) is 4.79 Å². The number of amides is 1. The molecule has 1 heterocycles. The summed E-state index contributed by atoms with van der Waals surface area (Å²) in [6.45, 7) is 4.38. The summed E-state index contributed by atoms with van der Waals surface area (Å²) >= 11 is 1.62. The van der Waals surface area contributed by atoms with Gasteiger partial charge < -0.3 is 10.6 Å². The van der Waals surface area contributed by atoms with Gasteiger partial charge in [-0.15, -0.1) is 11.3 Å². The number of carbonyl (C=O) groups is 1. The number of carbonyl (C=O) groups excluding carboxylic acids is 1. The lowest BCUT2D eigenvalue weighted by molar-refractivity contribution is -0.675. The quantitative estimate of drug-likeness (QED) is 0.604. The zero-order valence-corrected chi connectivity index (χ0v) is 16.6. The predicted octanol–water partition coefficient (Wildman–Crippen LogP) is 4.44. The van der Waals surface area contributed by atoms with E-state index in [1.165, 1.54) is 5.56 Å². The number of hydrogen-bond acceptors (Lipinski definition) is 2. The van der Waals surface area contributed by atoms with Crippen molar-refractivity contribution in [3.8, 4) is 0 Å². The average molecular weight is 402 g/mol. The van der Waals surface area contributed by atoms with Crippen molar-refractivity contribution in [3.63, 3.8) is 0 Å². The average Bonchev–Trinajstić information content (AvgIpc) is 3.20. The summed E-state index contributed by atoms with van der Waals surface area (Å²) in [5.41, 5.74) is 2.21. The third kappa shape index (κ3) is 5.03. The number of rotatable bonds is 7. The summed E-state index contributed by atoms with van der Waals surface area (Å²) in [7, 11) is 0. The number of quaternary nitrogens is 1. The Balaban J connectivity index is 1.72. The molecule has 3 rings (SSSR count). The van der Waals surface area contributed by atoms with Crippen molar-refractivity contribution in [1.82, 2.24) is 0 Å². The lowest BCUT2D eigenvalue weighted by atomic mass is 9.98. The standard InChI is InChI=1S/C22H22F2N2OS/c1-14(2)15-5-7-16(8-6-15)22(20-4-3-11-28-20)25-13-21(27)26-19-12-17(23)9-10-18(19)24/h3-12,14,22,25H,13H2,1-2H3,(H,26,27)/p+1/t22-/m0/s1. The van der Waals surface area contributed by atoms with Crippen LogP contribution in [0.3, 0.4) is 0 Å². The first kappa shape index (κ1) is 20.2. The number of hydrogen-bond donors (Lipinski definition) is 2. The molecule has 146 valence electrons. The molecule has 0 saturated carbocycles. The molecule has 0 spiro atoms. The minimum Gasteiger partial charge on any atom is -0.328 e. The van der Waals surface area contributed by atoms with E-state index < -0.39 is 11.6 Å². The molecule has 0 fully saturated rings. The molecule has 0 radical (unpaired) electrons. The first-order chi connectivity index (χ1) is 13.4. The van der Waals surface area contributed by atoms with Crippen LogP contribution in [0.1, 0.15) is 41.8 Å². The van der Waals surface area contributed by atoms with Gasteiger partial charge >= 0.3 is 0 Å². The van der Waals surface area contributed by atoms with Crippen LogP contribution >= 0.6 is 11.3 Å². The van der Waals surface area contributed by atoms with Crippen molar-refractivity contribution >= 4 is 22.9 Å². The Morgan fingerprint density at radius 3 is 2.43 bits per heavy atom. The smallest absolute Gasteiger partial charge is 0.279 e. The molecule has 28 heavy (non-hydrogen) atoms. The lowest BCUT2D eigenvalue weighted by Gasteiger charge is -2.16. The molecule has 0 aliphatic rings. The van der Waals surface area contributed by atoms with Gasteiger partial charge in [0.25, 0.3) is 5.91 Å². The summed E-state index contributed by atoms with van der Waals surface area (Å²) < 4.78 is 27.0. The fraction of sp³-hybridized carbons (Fsp3) is 0.227. The number of thiophene rings is 1. The van der Waals surface area contributed by atoms with Gasteiger partial charge in [-0.25, -0.2) is 8.78 Å². The van der Waals surface area contributed by atoms with Crippen LogP contribution in [0.15, 0.2) is 60.0 Å². The maximum atomic E-state index is 13.7. The molecule has 0 bridgehead atoms. The molecule has 0 aliphatic carbocycles. The van der Waals surface area contributed by atoms with E-state index in [1.807, 2.05) is 22.8 Å². The van der Waals surface area contributed by atoms with Crippen molar-refractivity contribution in [3.05, 3.63) is 87.6 Å². The van der Waals surface area contributed by atoms with Crippen LogP contribution in [-0.4, -0.2) is 12.5 Å². The van der Waals surface area contributed by atoms with Gasteiger partial charge in [-0.05, 0) is 35.1 Å². The molecule has 3 nitrogen and oxygen atoms in total. The van der Waals surface area contributed by atoms with E-state index >= 15 is 0 Å². The third-order valence-corrected chi connectivity index (χ3v) is 5.51. The zero-order chi connectivity index (χ0) is 20.1. The second-order valence-electron chi connectivity index (χ2n) is 6.93. The van der Waals surface area contributed by atoms with E-state index in [2.05, 4.69) is 43.4 Å². The molecule has 1 atom stereocenters. The highest BCUT2D eigenvalue weighted by molar-refractivity contribution is 7.10. The molecule has 1 aromatic heterocycles. The highest BCUT2D eigenvalue weighted by atomic mass is 32.1. The maximum absolute atomic E-state index is 13.7. The van der Waals surface area contributed by atoms with Gasteiger partial charge in [0.1, 0.15) is 17.7 Å². The zero-order valence-electron chi connectivity index (χ0n) is 15.8. The number of halogens is 2. The van der Waals surface area contributed by atoms with Crippen molar-refractivity contribution < 1.29 is 18.9 Å². The Bertz CT molecular complexity index is 924. The SMILES string of the molecule is CC(C)c1ccc([C@H]([NH2+]CC(=O)Nc2cc(F)ccc2F)c2cccs2)cc1. The summed E-state index contributed by atoms with van der Waals surface area (Å²) in [5.74, 6) is -1.19. The van der Waals surface area contributed by atoms with Gasteiger partial charge in [-0.2, -0.15) is 0 Å². The lowest BCUT2D eigenvalue weighted by Crippen LogP contribution is -2.87. The van der Waals surface area contributed by atoms with Crippen LogP contribution in [0.5, 0.6) is 0 Å². The molecular formula is C22H23F2N2OS+. The number of benzene rings is 2. The minimum atomic E-state index is -0.658. The molecule has 3 N–H and O–H groups in total. The number of nitrogens with one attached hydrogen (secondary N) is 1. The van der Waals surface area contributed by atoms with E-state index in [0.717, 1.165) is 28.6 Å². The molecule has 1 amide bonds. The monoisotopic (exact) mass is 401 g/mol. The fourth-order valence-corrected chi connectivity index (χ4v) is 3.84. The van der Waals surface area contributed by atoms with E-state index in [4.69, 9.17) is 0 Å². The highest BCUT2D eigenvalue weighted by Crippen LogP contribution is 2.24. The van der Waals surface area contributed by atoms with Crippen molar-refractivity contribution in [2.24, 2.45) is 0 Å². The minimum absolute atomic E-state index is 0.0377. The van der Waals surface area contributed by atoms with Crippen LogP contribution in [-0.2, 0) is 4.79 Å². The normalized spacial score (nSPS) is 12.2. The van der Waals surface area contributed by atoms with E-state index in [1.54, 1.807) is 11.3 Å². The molecule has 3 aromatic rings. The fourth-order valence-electron chi connectivity index (χ4n) is 2.99. The van der Waals surface area contributed by atoms with Gasteiger partial charge in [0.15, 0.2) is 6.54 Å². The topological polar surface area (TPSA) is 45.7 Å². The van der Waals surface area contributed by atoms with Crippen LogP contribution in [0.4, 0.5) is 14.5 Å². The van der Waals surface area contributed by atoms with Crippen LogP contribution in [0, 0.1) is 11.6 Å². The molecule has 0 aliphatic heterocycles. The van der Waals surface area contributed by atoms with E-state index in [0.29, 0.717) is 5.92 Å². The van der Waals surface area contributed by atoms with Crippen molar-refractivity contribution in [2.45, 2.75) is 25.8 Å². The molecule has 0 unspecified atom stereocenters. The highest BCUT2D eigenvalue weighted by Gasteiger charge is 2.21. The largest absolute Gasteiger partial charge is 0.328 e. The Kier molecular flexibility index (Phi) is 6.54. The van der Waals surface area contributed by atoms with Crippen LogP contribution < -0.4 is 10.6 Å². The van der Waals surface area contributed by atoms with Crippen LogP contribution in [0.25, 0.3) is 0 Å². The second kappa shape index (κ2) is 9.08. The van der Waals surface area contributed by atoms with Gasteiger partial charge in [0, 0.05) is 11.6 Å². The number of nitrogens with two attached hydrogens (primary N) is 1. The van der Waals surface area contributed by atoms with Crippen LogP contribution in [0.2, 0.25) is 0 Å². The Labute approximate surface area is 167 Å². The second-order valence-corrected chi connectivity index (χ2v) is 7.91. The van der Waals surface area contributed by atoms with E-state index in [-0.39, 0.29) is 24.2 Å². The van der Waals surface area contributed by atoms with Crippen molar-refractivity contribution in [2.75, 3.05) is 11.9 Å². The Morgan fingerprint density at radius 1 is 1.07 bits per heavy atom. The summed E-state index contributed by atoms with van der Waals surface area (Å²) in [6, 6.07) is 15.4. The Hall–Kier alpha value is -2.57.